The molecule has 0 saturated heterocycles. The van der Waals surface area contributed by atoms with Crippen LogP contribution in [0.25, 0.3) is 6.08 Å². The number of nitro groups is 1. The second-order valence-corrected chi connectivity index (χ2v) is 3.58. The van der Waals surface area contributed by atoms with Crippen molar-refractivity contribution in [2.24, 2.45) is 0 Å². The van der Waals surface area contributed by atoms with Gasteiger partial charge in [0.15, 0.2) is 0 Å². The van der Waals surface area contributed by atoms with Crippen LogP contribution in [-0.2, 0) is 19.1 Å². The summed E-state index contributed by atoms with van der Waals surface area (Å²) in [5.74, 6) is -1.70. The Morgan fingerprint density at radius 2 is 2.25 bits per heavy atom. The summed E-state index contributed by atoms with van der Waals surface area (Å²) in [6.07, 6.45) is 0.576. The highest BCUT2D eigenvalue weighted by Gasteiger charge is 2.36. The maximum atomic E-state index is 11.7. The first-order valence-corrected chi connectivity index (χ1v) is 5.69. The molecule has 1 rings (SSSR count). The van der Waals surface area contributed by atoms with Crippen molar-refractivity contribution in [2.45, 2.75) is 20.0 Å². The molecule has 1 heterocycles. The van der Waals surface area contributed by atoms with E-state index < -0.39 is 28.7 Å². The van der Waals surface area contributed by atoms with Gasteiger partial charge in [0, 0.05) is 6.92 Å². The minimum Gasteiger partial charge on any atom is -0.465 e. The lowest BCUT2D eigenvalue weighted by Crippen LogP contribution is -2.33. The van der Waals surface area contributed by atoms with Crippen LogP contribution in [0, 0.1) is 10.1 Å². The summed E-state index contributed by atoms with van der Waals surface area (Å²) in [4.78, 5) is 32.9. The number of rotatable bonds is 6. The van der Waals surface area contributed by atoms with E-state index in [0.29, 0.717) is 0 Å². The third-order valence-corrected chi connectivity index (χ3v) is 2.10. The molecule has 0 saturated carbocycles. The molecule has 20 heavy (non-hydrogen) atoms. The molecule has 0 radical (unpaired) electrons. The van der Waals surface area contributed by atoms with Crippen LogP contribution in [-0.4, -0.2) is 29.6 Å². The van der Waals surface area contributed by atoms with Gasteiger partial charge in [-0.05, 0) is 19.1 Å². The molecule has 108 valence electrons. The van der Waals surface area contributed by atoms with Gasteiger partial charge >= 0.3 is 17.6 Å². The number of nitrogens with zero attached hydrogens (tertiary/aromatic N) is 1. The van der Waals surface area contributed by atoms with Crippen molar-refractivity contribution < 1.29 is 28.4 Å². The van der Waals surface area contributed by atoms with Crippen LogP contribution in [0.2, 0.25) is 0 Å². The lowest BCUT2D eigenvalue weighted by Gasteiger charge is -2.12. The molecule has 1 aromatic heterocycles. The summed E-state index contributed by atoms with van der Waals surface area (Å²) in [5.41, 5.74) is -0.645. The minimum absolute atomic E-state index is 0.00233. The fraction of sp³-hybridized carbons (Fsp3) is 0.333. The van der Waals surface area contributed by atoms with Crippen molar-refractivity contribution in [3.8, 4) is 0 Å². The van der Waals surface area contributed by atoms with Crippen molar-refractivity contribution in [3.63, 3.8) is 0 Å². The molecule has 1 aromatic rings. The topological polar surface area (TPSA) is 109 Å². The van der Waals surface area contributed by atoms with E-state index >= 15 is 0 Å². The molecule has 0 aromatic carbocycles. The lowest BCUT2D eigenvalue weighted by atomic mass is 10.2. The number of hydrogen-bond donors (Lipinski definition) is 0. The fourth-order valence-electron chi connectivity index (χ4n) is 1.36. The highest BCUT2D eigenvalue weighted by Crippen LogP contribution is 2.16. The van der Waals surface area contributed by atoms with Gasteiger partial charge in [0.2, 0.25) is 0 Å². The number of ether oxygens (including phenoxy) is 2. The average Bonchev–Trinajstić information content (AvgIpc) is 2.86. The van der Waals surface area contributed by atoms with Gasteiger partial charge in [0.1, 0.15) is 5.76 Å². The van der Waals surface area contributed by atoms with E-state index in [1.807, 2.05) is 0 Å². The second-order valence-electron chi connectivity index (χ2n) is 3.58. The number of esters is 2. The Balaban J connectivity index is 3.14. The monoisotopic (exact) mass is 283 g/mol. The summed E-state index contributed by atoms with van der Waals surface area (Å²) in [7, 11) is 0. The third-order valence-electron chi connectivity index (χ3n) is 2.10. The van der Waals surface area contributed by atoms with Gasteiger partial charge in [0.25, 0.3) is 6.10 Å². The second kappa shape index (κ2) is 7.07. The van der Waals surface area contributed by atoms with Crippen LogP contribution in [0.15, 0.2) is 28.5 Å². The zero-order chi connectivity index (χ0) is 15.1. The molecule has 8 heteroatoms. The van der Waals surface area contributed by atoms with E-state index in [2.05, 4.69) is 9.47 Å². The molecular formula is C12H13NO7. The van der Waals surface area contributed by atoms with E-state index in [0.717, 1.165) is 13.0 Å². The molecule has 0 fully saturated rings. The predicted molar refractivity (Wildman–Crippen MR) is 65.9 cm³/mol. The molecule has 0 amide bonds. The Morgan fingerprint density at radius 1 is 1.55 bits per heavy atom. The first-order chi connectivity index (χ1) is 9.45. The van der Waals surface area contributed by atoms with Gasteiger partial charge in [-0.2, -0.15) is 0 Å². The van der Waals surface area contributed by atoms with Crippen molar-refractivity contribution >= 4 is 18.0 Å². The van der Waals surface area contributed by atoms with E-state index in [-0.39, 0.29) is 12.4 Å². The zero-order valence-electron chi connectivity index (χ0n) is 10.9. The molecule has 0 aliphatic carbocycles. The largest absolute Gasteiger partial charge is 0.465 e. The lowest BCUT2D eigenvalue weighted by molar-refractivity contribution is -0.432. The SMILES string of the molecule is CCOC(=O)C(OC(C)=O)/C(=C/c1ccco1)[N+](=O)[O-]. The molecule has 0 aliphatic heterocycles. The van der Waals surface area contributed by atoms with Crippen LogP contribution in [0.1, 0.15) is 19.6 Å². The Kier molecular flexibility index (Phi) is 5.45. The van der Waals surface area contributed by atoms with Gasteiger partial charge in [-0.1, -0.05) is 0 Å². The first kappa shape index (κ1) is 15.4. The minimum atomic E-state index is -1.74. The van der Waals surface area contributed by atoms with E-state index in [9.17, 15) is 19.7 Å². The smallest absolute Gasteiger partial charge is 0.358 e. The maximum Gasteiger partial charge on any atom is 0.358 e. The molecule has 8 nitrogen and oxygen atoms in total. The maximum absolute atomic E-state index is 11.7. The standard InChI is InChI=1S/C12H13NO7/c1-3-18-12(15)11(20-8(2)14)10(13(16)17)7-9-5-4-6-19-9/h4-7,11H,3H2,1-2H3/b10-7-. The molecule has 1 atom stereocenters. The van der Waals surface area contributed by atoms with Crippen LogP contribution >= 0.6 is 0 Å². The summed E-state index contributed by atoms with van der Waals surface area (Å²) >= 11 is 0. The molecule has 0 bridgehead atoms. The average molecular weight is 283 g/mol. The summed E-state index contributed by atoms with van der Waals surface area (Å²) in [6, 6.07) is 2.98. The van der Waals surface area contributed by atoms with Crippen LogP contribution in [0.5, 0.6) is 0 Å². The number of carbonyl (C=O) groups excluding carboxylic acids is 2. The van der Waals surface area contributed by atoms with E-state index in [1.165, 1.54) is 25.3 Å². The van der Waals surface area contributed by atoms with Gasteiger partial charge < -0.3 is 13.9 Å². The quantitative estimate of drug-likeness (QED) is 0.441. The molecule has 1 unspecified atom stereocenters. The van der Waals surface area contributed by atoms with Gasteiger partial charge in [-0.15, -0.1) is 0 Å². The van der Waals surface area contributed by atoms with E-state index in [1.54, 1.807) is 0 Å². The molecular weight excluding hydrogens is 270 g/mol. The van der Waals surface area contributed by atoms with E-state index in [4.69, 9.17) is 4.42 Å². The van der Waals surface area contributed by atoms with Crippen molar-refractivity contribution in [2.75, 3.05) is 6.61 Å². The summed E-state index contributed by atoms with van der Waals surface area (Å²) in [5, 5.41) is 11.1. The molecule has 0 aliphatic rings. The number of hydrogen-bond acceptors (Lipinski definition) is 7. The molecule has 0 spiro atoms. The van der Waals surface area contributed by atoms with Crippen LogP contribution < -0.4 is 0 Å². The number of furan rings is 1. The Hall–Kier alpha value is -2.64. The van der Waals surface area contributed by atoms with Crippen LogP contribution in [0.3, 0.4) is 0 Å². The first-order valence-electron chi connectivity index (χ1n) is 5.69. The van der Waals surface area contributed by atoms with Gasteiger partial charge in [-0.25, -0.2) is 4.79 Å². The normalized spacial score (nSPS) is 12.6. The Morgan fingerprint density at radius 3 is 2.70 bits per heavy atom. The predicted octanol–water partition coefficient (Wildman–Crippen LogP) is 1.39. The van der Waals surface area contributed by atoms with Crippen molar-refractivity contribution in [1.82, 2.24) is 0 Å². The highest BCUT2D eigenvalue weighted by atomic mass is 16.6. The highest BCUT2D eigenvalue weighted by molar-refractivity contribution is 5.82. The summed E-state index contributed by atoms with van der Waals surface area (Å²) in [6.45, 7) is 2.57. The van der Waals surface area contributed by atoms with Crippen molar-refractivity contribution in [1.29, 1.82) is 0 Å². The zero-order valence-corrected chi connectivity index (χ0v) is 10.9. The number of carbonyl (C=O) groups is 2. The fourth-order valence-corrected chi connectivity index (χ4v) is 1.36. The van der Waals surface area contributed by atoms with Gasteiger partial charge in [-0.3, -0.25) is 14.9 Å². The molecule has 0 N–H and O–H groups in total. The third kappa shape index (κ3) is 4.23. The van der Waals surface area contributed by atoms with Crippen molar-refractivity contribution in [3.05, 3.63) is 40.0 Å². The van der Waals surface area contributed by atoms with Crippen LogP contribution in [0.4, 0.5) is 0 Å². The Bertz CT molecular complexity index is 518. The summed E-state index contributed by atoms with van der Waals surface area (Å²) < 4.78 is 14.3. The van der Waals surface area contributed by atoms with Gasteiger partial charge in [0.05, 0.1) is 23.9 Å². The Labute approximate surface area is 114 Å².